The lowest BCUT2D eigenvalue weighted by Crippen LogP contribution is -2.16. The number of nitrogens with zero attached hydrogens (tertiary/aromatic N) is 1. The molecular formula is C14H22N2O3. The Morgan fingerprint density at radius 3 is 2.84 bits per heavy atom. The summed E-state index contributed by atoms with van der Waals surface area (Å²) in [5, 5.41) is 3.24. The molecule has 0 bridgehead atoms. The highest BCUT2D eigenvalue weighted by Gasteiger charge is 2.01. The molecular weight excluding hydrogens is 244 g/mol. The highest BCUT2D eigenvalue weighted by molar-refractivity contribution is 5.70. The van der Waals surface area contributed by atoms with Crippen molar-refractivity contribution < 1.29 is 14.3 Å². The van der Waals surface area contributed by atoms with E-state index in [9.17, 15) is 4.79 Å². The molecule has 19 heavy (non-hydrogen) atoms. The normalized spacial score (nSPS) is 10.1. The van der Waals surface area contributed by atoms with E-state index in [-0.39, 0.29) is 12.6 Å². The summed E-state index contributed by atoms with van der Waals surface area (Å²) in [5.74, 6) is -0.322. The molecule has 1 rings (SSSR count). The molecule has 0 unspecified atom stereocenters. The molecule has 0 aromatic heterocycles. The first kappa shape index (κ1) is 15.3. The molecule has 0 aliphatic carbocycles. The Bertz CT molecular complexity index is 394. The smallest absolute Gasteiger partial charge is 0.332 e. The second-order valence-corrected chi connectivity index (χ2v) is 4.23. The van der Waals surface area contributed by atoms with Gasteiger partial charge in [-0.2, -0.15) is 0 Å². The summed E-state index contributed by atoms with van der Waals surface area (Å²) in [6.07, 6.45) is 0. The van der Waals surface area contributed by atoms with Crippen molar-refractivity contribution >= 4 is 17.3 Å². The van der Waals surface area contributed by atoms with Crippen LogP contribution >= 0.6 is 0 Å². The van der Waals surface area contributed by atoms with Crippen LogP contribution in [0.15, 0.2) is 24.3 Å². The van der Waals surface area contributed by atoms with Gasteiger partial charge in [0.1, 0.15) is 6.61 Å². The Kier molecular flexibility index (Phi) is 6.74. The van der Waals surface area contributed by atoms with E-state index in [0.29, 0.717) is 19.8 Å². The van der Waals surface area contributed by atoms with Gasteiger partial charge in [0.05, 0.1) is 13.2 Å². The number of ether oxygens (including phenoxy) is 2. The Morgan fingerprint density at radius 1 is 1.37 bits per heavy atom. The molecule has 0 radical (unpaired) electrons. The molecule has 5 heteroatoms. The Morgan fingerprint density at radius 2 is 2.16 bits per heavy atom. The van der Waals surface area contributed by atoms with Crippen molar-refractivity contribution in [3.05, 3.63) is 24.3 Å². The number of rotatable bonds is 8. The Hall–Kier alpha value is -1.75. The third kappa shape index (κ3) is 6.10. The fraction of sp³-hybridized carbons (Fsp3) is 0.500. The van der Waals surface area contributed by atoms with Gasteiger partial charge >= 0.3 is 5.97 Å². The predicted molar refractivity (Wildman–Crippen MR) is 76.7 cm³/mol. The van der Waals surface area contributed by atoms with Crippen molar-refractivity contribution in [1.82, 2.24) is 0 Å². The molecule has 5 nitrogen and oxygen atoms in total. The van der Waals surface area contributed by atoms with Crippen molar-refractivity contribution in [3.8, 4) is 0 Å². The molecule has 0 aliphatic heterocycles. The van der Waals surface area contributed by atoms with Gasteiger partial charge in [0, 0.05) is 32.0 Å². The van der Waals surface area contributed by atoms with E-state index in [2.05, 4.69) is 11.4 Å². The zero-order valence-corrected chi connectivity index (χ0v) is 11.8. The third-order valence-electron chi connectivity index (χ3n) is 2.46. The monoisotopic (exact) mass is 266 g/mol. The van der Waals surface area contributed by atoms with E-state index < -0.39 is 0 Å². The van der Waals surface area contributed by atoms with Gasteiger partial charge in [0.25, 0.3) is 0 Å². The summed E-state index contributed by atoms with van der Waals surface area (Å²) in [5.41, 5.74) is 2.17. The lowest BCUT2D eigenvalue weighted by molar-refractivity contribution is -0.148. The minimum absolute atomic E-state index is 0.00720. The van der Waals surface area contributed by atoms with Gasteiger partial charge in [-0.3, -0.25) is 0 Å². The van der Waals surface area contributed by atoms with Gasteiger partial charge in [-0.05, 0) is 25.1 Å². The largest absolute Gasteiger partial charge is 0.464 e. The zero-order valence-electron chi connectivity index (χ0n) is 11.8. The van der Waals surface area contributed by atoms with Gasteiger partial charge in [-0.25, -0.2) is 4.79 Å². The van der Waals surface area contributed by atoms with Crippen molar-refractivity contribution in [3.63, 3.8) is 0 Å². The predicted octanol–water partition coefficient (Wildman–Crippen LogP) is 1.74. The number of hydrogen-bond acceptors (Lipinski definition) is 5. The summed E-state index contributed by atoms with van der Waals surface area (Å²) in [4.78, 5) is 13.1. The fourth-order valence-corrected chi connectivity index (χ4v) is 1.52. The zero-order chi connectivity index (χ0) is 14.1. The van der Waals surface area contributed by atoms with Crippen LogP contribution in [0.5, 0.6) is 0 Å². The van der Waals surface area contributed by atoms with Crippen molar-refractivity contribution in [2.45, 2.75) is 6.92 Å². The van der Waals surface area contributed by atoms with Crippen LogP contribution in [0.3, 0.4) is 0 Å². The minimum atomic E-state index is -0.322. The van der Waals surface area contributed by atoms with Crippen LogP contribution in [-0.2, 0) is 14.3 Å². The van der Waals surface area contributed by atoms with E-state index in [1.54, 1.807) is 6.92 Å². The maximum Gasteiger partial charge on any atom is 0.332 e. The first-order valence-corrected chi connectivity index (χ1v) is 6.38. The number of esters is 1. The molecule has 0 amide bonds. The summed E-state index contributed by atoms with van der Waals surface area (Å²) < 4.78 is 9.96. The maximum absolute atomic E-state index is 11.0. The highest BCUT2D eigenvalue weighted by atomic mass is 16.6. The van der Waals surface area contributed by atoms with E-state index in [4.69, 9.17) is 9.47 Å². The van der Waals surface area contributed by atoms with E-state index in [0.717, 1.165) is 11.4 Å². The van der Waals surface area contributed by atoms with Crippen LogP contribution in [0, 0.1) is 0 Å². The Balaban J connectivity index is 2.22. The number of nitrogens with one attached hydrogen (secondary N) is 1. The topological polar surface area (TPSA) is 50.8 Å². The van der Waals surface area contributed by atoms with Gasteiger partial charge in [0.2, 0.25) is 0 Å². The maximum atomic E-state index is 11.0. The Labute approximate surface area is 114 Å². The minimum Gasteiger partial charge on any atom is -0.464 e. The lowest BCUT2D eigenvalue weighted by Gasteiger charge is -2.14. The number of hydrogen-bond donors (Lipinski definition) is 1. The second kappa shape index (κ2) is 8.37. The average molecular weight is 266 g/mol. The van der Waals surface area contributed by atoms with Gasteiger partial charge in [0.15, 0.2) is 0 Å². The van der Waals surface area contributed by atoms with E-state index in [1.807, 2.05) is 37.2 Å². The van der Waals surface area contributed by atoms with Crippen LogP contribution in [-0.4, -0.2) is 46.4 Å². The molecule has 1 N–H and O–H groups in total. The first-order valence-electron chi connectivity index (χ1n) is 6.38. The number of anilines is 2. The fourth-order valence-electron chi connectivity index (χ4n) is 1.52. The summed E-state index contributed by atoms with van der Waals surface area (Å²) in [6, 6.07) is 8.10. The molecule has 1 aromatic rings. The third-order valence-corrected chi connectivity index (χ3v) is 2.46. The molecule has 0 fully saturated rings. The lowest BCUT2D eigenvalue weighted by atomic mass is 10.2. The quantitative estimate of drug-likeness (QED) is 0.574. The van der Waals surface area contributed by atoms with Crippen LogP contribution in [0.25, 0.3) is 0 Å². The summed E-state index contributed by atoms with van der Waals surface area (Å²) >= 11 is 0. The van der Waals surface area contributed by atoms with Gasteiger partial charge in [-0.1, -0.05) is 6.07 Å². The van der Waals surface area contributed by atoms with Crippen molar-refractivity contribution in [2.75, 3.05) is 50.7 Å². The van der Waals surface area contributed by atoms with Crippen LogP contribution in [0.2, 0.25) is 0 Å². The number of carbonyl (C=O) groups is 1. The number of benzene rings is 1. The van der Waals surface area contributed by atoms with Crippen molar-refractivity contribution in [2.24, 2.45) is 0 Å². The molecule has 0 spiro atoms. The molecule has 0 saturated heterocycles. The van der Waals surface area contributed by atoms with Crippen LogP contribution in [0.4, 0.5) is 11.4 Å². The standard InChI is InChI=1S/C14H22N2O3/c1-4-19-14(17)11-18-9-8-15-12-6-5-7-13(10-12)16(2)3/h5-7,10,15H,4,8-9,11H2,1-3H3. The molecule has 0 heterocycles. The van der Waals surface area contributed by atoms with E-state index >= 15 is 0 Å². The SMILES string of the molecule is CCOC(=O)COCCNc1cccc(N(C)C)c1. The number of carbonyl (C=O) groups excluding carboxylic acids is 1. The first-order chi connectivity index (χ1) is 9.13. The molecule has 106 valence electrons. The molecule has 1 aromatic carbocycles. The highest BCUT2D eigenvalue weighted by Crippen LogP contribution is 2.16. The van der Waals surface area contributed by atoms with Gasteiger partial charge in [-0.15, -0.1) is 0 Å². The molecule has 0 aliphatic rings. The van der Waals surface area contributed by atoms with Gasteiger partial charge < -0.3 is 19.7 Å². The molecule has 0 atom stereocenters. The summed E-state index contributed by atoms with van der Waals surface area (Å²) in [7, 11) is 4.00. The van der Waals surface area contributed by atoms with Crippen LogP contribution < -0.4 is 10.2 Å². The average Bonchev–Trinajstić information content (AvgIpc) is 2.39. The van der Waals surface area contributed by atoms with E-state index in [1.165, 1.54) is 0 Å². The van der Waals surface area contributed by atoms with Crippen molar-refractivity contribution in [1.29, 1.82) is 0 Å². The molecule has 0 saturated carbocycles. The van der Waals surface area contributed by atoms with Crippen LogP contribution in [0.1, 0.15) is 6.92 Å². The summed E-state index contributed by atoms with van der Waals surface area (Å²) in [6.45, 7) is 3.28. The second-order valence-electron chi connectivity index (χ2n) is 4.23.